The van der Waals surface area contributed by atoms with Crippen molar-refractivity contribution in [1.82, 2.24) is 9.88 Å². The Balaban J connectivity index is 1.74. The Bertz CT molecular complexity index is 1010. The van der Waals surface area contributed by atoms with E-state index in [9.17, 15) is 9.59 Å². The summed E-state index contributed by atoms with van der Waals surface area (Å²) in [6.45, 7) is 2.35. The van der Waals surface area contributed by atoms with Crippen molar-refractivity contribution in [1.29, 1.82) is 0 Å². The smallest absolute Gasteiger partial charge is 0.257 e. The Hall–Kier alpha value is -3.18. The number of carbonyl (C=O) groups excluding carboxylic acids is 2. The molecule has 0 bridgehead atoms. The van der Waals surface area contributed by atoms with Crippen LogP contribution in [0.1, 0.15) is 31.8 Å². The van der Waals surface area contributed by atoms with E-state index in [4.69, 9.17) is 11.6 Å². The van der Waals surface area contributed by atoms with Gasteiger partial charge in [-0.05, 0) is 36.2 Å². The number of aromatic nitrogens is 1. The molecule has 0 spiro atoms. The number of pyridine rings is 1. The molecule has 5 nitrogen and oxygen atoms in total. The molecule has 0 atom stereocenters. The van der Waals surface area contributed by atoms with Crippen molar-refractivity contribution in [3.63, 3.8) is 0 Å². The van der Waals surface area contributed by atoms with Gasteiger partial charge in [0.05, 0.1) is 11.1 Å². The first-order valence-electron chi connectivity index (χ1n) is 8.76. The van der Waals surface area contributed by atoms with Gasteiger partial charge in [0.1, 0.15) is 0 Å². The molecule has 3 aromatic rings. The summed E-state index contributed by atoms with van der Waals surface area (Å²) in [5, 5.41) is 3.35. The maximum atomic E-state index is 12.7. The number of nitrogens with one attached hydrogen (secondary N) is 1. The lowest BCUT2D eigenvalue weighted by molar-refractivity contribution is 0.0784. The SMILES string of the molecule is Cc1ccc(Cl)cc1NC(=O)c1cncc(C(=O)N(C)Cc2ccccc2)c1. The van der Waals surface area contributed by atoms with Crippen molar-refractivity contribution in [3.05, 3.63) is 94.3 Å². The number of hydrogen-bond donors (Lipinski definition) is 1. The zero-order chi connectivity index (χ0) is 20.1. The van der Waals surface area contributed by atoms with Crippen LogP contribution in [0.25, 0.3) is 0 Å². The minimum absolute atomic E-state index is 0.204. The number of amides is 2. The third kappa shape index (κ3) is 4.75. The lowest BCUT2D eigenvalue weighted by atomic mass is 10.1. The minimum atomic E-state index is -0.349. The van der Waals surface area contributed by atoms with E-state index in [1.165, 1.54) is 12.4 Å². The zero-order valence-electron chi connectivity index (χ0n) is 15.6. The molecular formula is C22H20ClN3O2. The molecule has 0 unspecified atom stereocenters. The lowest BCUT2D eigenvalue weighted by Crippen LogP contribution is -2.26. The van der Waals surface area contributed by atoms with E-state index in [2.05, 4.69) is 10.3 Å². The van der Waals surface area contributed by atoms with Crippen molar-refractivity contribution in [2.45, 2.75) is 13.5 Å². The molecule has 0 radical (unpaired) electrons. The number of nitrogens with zero attached hydrogens (tertiary/aromatic N) is 2. The highest BCUT2D eigenvalue weighted by atomic mass is 35.5. The van der Waals surface area contributed by atoms with Gasteiger partial charge >= 0.3 is 0 Å². The molecule has 0 aliphatic rings. The Labute approximate surface area is 169 Å². The van der Waals surface area contributed by atoms with Gasteiger partial charge in [-0.15, -0.1) is 0 Å². The summed E-state index contributed by atoms with van der Waals surface area (Å²) in [6.07, 6.45) is 2.90. The van der Waals surface area contributed by atoms with E-state index in [0.717, 1.165) is 11.1 Å². The second-order valence-corrected chi connectivity index (χ2v) is 6.96. The number of rotatable bonds is 5. The largest absolute Gasteiger partial charge is 0.337 e. The number of aryl methyl sites for hydroxylation is 1. The number of carbonyl (C=O) groups is 2. The molecule has 2 amide bonds. The maximum Gasteiger partial charge on any atom is 0.257 e. The summed E-state index contributed by atoms with van der Waals surface area (Å²) in [6, 6.07) is 16.5. The molecule has 0 saturated carbocycles. The van der Waals surface area contributed by atoms with E-state index in [1.807, 2.05) is 43.3 Å². The molecule has 3 rings (SSSR count). The number of benzene rings is 2. The minimum Gasteiger partial charge on any atom is -0.337 e. The van der Waals surface area contributed by atoms with Crippen LogP contribution in [0.5, 0.6) is 0 Å². The van der Waals surface area contributed by atoms with Crippen LogP contribution in [0, 0.1) is 6.92 Å². The van der Waals surface area contributed by atoms with Crippen molar-refractivity contribution >= 4 is 29.1 Å². The Morgan fingerprint density at radius 2 is 1.75 bits per heavy atom. The third-order valence-corrected chi connectivity index (χ3v) is 4.54. The fourth-order valence-electron chi connectivity index (χ4n) is 2.75. The summed E-state index contributed by atoms with van der Waals surface area (Å²) in [4.78, 5) is 31.0. The van der Waals surface area contributed by atoms with E-state index >= 15 is 0 Å². The van der Waals surface area contributed by atoms with Gasteiger partial charge in [-0.1, -0.05) is 48.0 Å². The molecule has 0 fully saturated rings. The number of halogens is 1. The number of hydrogen-bond acceptors (Lipinski definition) is 3. The lowest BCUT2D eigenvalue weighted by Gasteiger charge is -2.17. The summed E-state index contributed by atoms with van der Waals surface area (Å²) >= 11 is 6.00. The van der Waals surface area contributed by atoms with E-state index < -0.39 is 0 Å². The van der Waals surface area contributed by atoms with Crippen molar-refractivity contribution in [3.8, 4) is 0 Å². The molecule has 1 aromatic heterocycles. The Kier molecular flexibility index (Phi) is 6.06. The quantitative estimate of drug-likeness (QED) is 0.690. The maximum absolute atomic E-state index is 12.7. The predicted molar refractivity (Wildman–Crippen MR) is 111 cm³/mol. The molecule has 1 heterocycles. The first kappa shape index (κ1) is 19.6. The first-order chi connectivity index (χ1) is 13.4. The fourth-order valence-corrected chi connectivity index (χ4v) is 2.93. The zero-order valence-corrected chi connectivity index (χ0v) is 16.4. The van der Waals surface area contributed by atoms with Crippen LogP contribution in [0.2, 0.25) is 5.02 Å². The predicted octanol–water partition coefficient (Wildman–Crippen LogP) is 4.57. The highest BCUT2D eigenvalue weighted by molar-refractivity contribution is 6.31. The normalized spacial score (nSPS) is 10.4. The van der Waals surface area contributed by atoms with Gasteiger partial charge in [0.2, 0.25) is 0 Å². The molecule has 2 aromatic carbocycles. The van der Waals surface area contributed by atoms with Gasteiger partial charge in [-0.3, -0.25) is 14.6 Å². The van der Waals surface area contributed by atoms with Crippen LogP contribution < -0.4 is 5.32 Å². The molecule has 28 heavy (non-hydrogen) atoms. The van der Waals surface area contributed by atoms with Gasteiger partial charge in [0.25, 0.3) is 11.8 Å². The molecule has 0 saturated heterocycles. The van der Waals surface area contributed by atoms with Crippen LogP contribution in [-0.4, -0.2) is 28.7 Å². The van der Waals surface area contributed by atoms with E-state index in [1.54, 1.807) is 30.1 Å². The Morgan fingerprint density at radius 3 is 2.50 bits per heavy atom. The van der Waals surface area contributed by atoms with Crippen LogP contribution >= 0.6 is 11.6 Å². The van der Waals surface area contributed by atoms with Gasteiger partial charge in [-0.2, -0.15) is 0 Å². The van der Waals surface area contributed by atoms with Crippen molar-refractivity contribution < 1.29 is 9.59 Å². The second-order valence-electron chi connectivity index (χ2n) is 6.52. The van der Waals surface area contributed by atoms with Crippen LogP contribution in [0.4, 0.5) is 5.69 Å². The molecule has 0 aliphatic heterocycles. The van der Waals surface area contributed by atoms with E-state index in [-0.39, 0.29) is 11.8 Å². The topological polar surface area (TPSA) is 62.3 Å². The molecule has 0 aliphatic carbocycles. The monoisotopic (exact) mass is 393 g/mol. The fraction of sp³-hybridized carbons (Fsp3) is 0.136. The summed E-state index contributed by atoms with van der Waals surface area (Å²) in [5.41, 5.74) is 3.19. The highest BCUT2D eigenvalue weighted by Gasteiger charge is 2.16. The molecule has 142 valence electrons. The molecule has 6 heteroatoms. The average molecular weight is 394 g/mol. The standard InChI is InChI=1S/C22H20ClN3O2/c1-15-8-9-19(23)11-20(15)25-21(27)17-10-18(13-24-12-17)22(28)26(2)14-16-6-4-3-5-7-16/h3-13H,14H2,1-2H3,(H,25,27). The summed E-state index contributed by atoms with van der Waals surface area (Å²) < 4.78 is 0. The van der Waals surface area contributed by atoms with Crippen molar-refractivity contribution in [2.24, 2.45) is 0 Å². The summed E-state index contributed by atoms with van der Waals surface area (Å²) in [7, 11) is 1.72. The Morgan fingerprint density at radius 1 is 1.04 bits per heavy atom. The van der Waals surface area contributed by atoms with Gasteiger partial charge in [0.15, 0.2) is 0 Å². The van der Waals surface area contributed by atoms with Crippen LogP contribution in [0.3, 0.4) is 0 Å². The molecule has 1 N–H and O–H groups in total. The average Bonchev–Trinajstić information content (AvgIpc) is 2.71. The van der Waals surface area contributed by atoms with Gasteiger partial charge in [-0.25, -0.2) is 0 Å². The van der Waals surface area contributed by atoms with Crippen LogP contribution in [-0.2, 0) is 6.54 Å². The first-order valence-corrected chi connectivity index (χ1v) is 9.14. The van der Waals surface area contributed by atoms with Crippen LogP contribution in [0.15, 0.2) is 67.0 Å². The third-order valence-electron chi connectivity index (χ3n) is 4.30. The molecular weight excluding hydrogens is 374 g/mol. The summed E-state index contributed by atoms with van der Waals surface area (Å²) in [5.74, 6) is -0.553. The second kappa shape index (κ2) is 8.67. The van der Waals surface area contributed by atoms with E-state index in [0.29, 0.717) is 28.4 Å². The van der Waals surface area contributed by atoms with Gasteiger partial charge < -0.3 is 10.2 Å². The van der Waals surface area contributed by atoms with Crippen molar-refractivity contribution in [2.75, 3.05) is 12.4 Å². The number of anilines is 1. The highest BCUT2D eigenvalue weighted by Crippen LogP contribution is 2.21. The van der Waals surface area contributed by atoms with Gasteiger partial charge in [0, 0.05) is 36.7 Å².